The Labute approximate surface area is 131 Å². The summed E-state index contributed by atoms with van der Waals surface area (Å²) in [6, 6.07) is 0. The van der Waals surface area contributed by atoms with Gasteiger partial charge in [0, 0.05) is 0 Å². The van der Waals surface area contributed by atoms with Gasteiger partial charge in [-0.2, -0.15) is 0 Å². The van der Waals surface area contributed by atoms with Crippen LogP contribution in [0.5, 0.6) is 0 Å². The standard InChI is InChI=1S/C12H25Cl2O5P/c1-5-11(13,6-2)9(15)18-20(17)19-10(16)12(14,7-3)8-4/h9-10,15-16,20H,5-8H2,1-4H3. The Kier molecular flexibility index (Phi) is 9.23. The third-order valence-corrected chi connectivity index (χ3v) is 5.93. The van der Waals surface area contributed by atoms with Crippen LogP contribution < -0.4 is 0 Å². The van der Waals surface area contributed by atoms with Crippen molar-refractivity contribution in [3.05, 3.63) is 0 Å². The van der Waals surface area contributed by atoms with E-state index in [4.69, 9.17) is 32.2 Å². The normalized spacial score (nSPS) is 17.8. The zero-order valence-electron chi connectivity index (χ0n) is 12.4. The summed E-state index contributed by atoms with van der Waals surface area (Å²) in [6.07, 6.45) is -1.13. The van der Waals surface area contributed by atoms with E-state index in [2.05, 4.69) is 0 Å². The minimum absolute atomic E-state index is 0.438. The van der Waals surface area contributed by atoms with Crippen LogP contribution >= 0.6 is 31.5 Å². The highest BCUT2D eigenvalue weighted by atomic mass is 35.5. The third-order valence-electron chi connectivity index (χ3n) is 3.65. The van der Waals surface area contributed by atoms with Crippen molar-refractivity contribution >= 4 is 31.5 Å². The van der Waals surface area contributed by atoms with Crippen molar-refractivity contribution in [2.45, 2.75) is 75.7 Å². The molecule has 8 heteroatoms. The van der Waals surface area contributed by atoms with Crippen molar-refractivity contribution in [2.24, 2.45) is 0 Å². The van der Waals surface area contributed by atoms with Crippen LogP contribution in [-0.2, 0) is 13.6 Å². The van der Waals surface area contributed by atoms with Crippen LogP contribution in [0.2, 0.25) is 0 Å². The van der Waals surface area contributed by atoms with Crippen molar-refractivity contribution in [3.8, 4) is 0 Å². The first-order valence-corrected chi connectivity index (χ1v) is 8.78. The van der Waals surface area contributed by atoms with Crippen LogP contribution in [0, 0.1) is 0 Å². The topological polar surface area (TPSA) is 76.0 Å². The molecule has 0 amide bonds. The molecule has 0 fully saturated rings. The van der Waals surface area contributed by atoms with E-state index in [1.807, 2.05) is 0 Å². The molecule has 0 aliphatic carbocycles. The predicted molar refractivity (Wildman–Crippen MR) is 81.5 cm³/mol. The van der Waals surface area contributed by atoms with E-state index in [-0.39, 0.29) is 0 Å². The smallest absolute Gasteiger partial charge is 0.323 e. The molecule has 0 aliphatic rings. The molecule has 0 aromatic carbocycles. The summed E-state index contributed by atoms with van der Waals surface area (Å²) in [5, 5.41) is 19.7. The van der Waals surface area contributed by atoms with Crippen LogP contribution in [0.4, 0.5) is 0 Å². The minimum Gasteiger partial charge on any atom is -0.366 e. The van der Waals surface area contributed by atoms with E-state index in [1.54, 1.807) is 27.7 Å². The van der Waals surface area contributed by atoms with Gasteiger partial charge in [-0.15, -0.1) is 23.2 Å². The fourth-order valence-electron chi connectivity index (χ4n) is 1.62. The molecule has 2 unspecified atom stereocenters. The largest absolute Gasteiger partial charge is 0.366 e. The molecular weight excluding hydrogens is 326 g/mol. The van der Waals surface area contributed by atoms with Gasteiger partial charge in [0.2, 0.25) is 0 Å². The maximum Gasteiger partial charge on any atom is 0.323 e. The number of halogens is 2. The van der Waals surface area contributed by atoms with E-state index < -0.39 is 30.6 Å². The minimum atomic E-state index is -3.11. The van der Waals surface area contributed by atoms with Crippen LogP contribution in [0.15, 0.2) is 0 Å². The maximum absolute atomic E-state index is 11.7. The van der Waals surface area contributed by atoms with Crippen molar-refractivity contribution < 1.29 is 23.8 Å². The average Bonchev–Trinajstić information content (AvgIpc) is 2.44. The molecule has 2 atom stereocenters. The molecule has 0 bridgehead atoms. The summed E-state index contributed by atoms with van der Waals surface area (Å²) < 4.78 is 21.5. The Bertz CT molecular complexity index is 280. The molecular formula is C12H25Cl2O5P. The van der Waals surface area contributed by atoms with Crippen molar-refractivity contribution in [1.29, 1.82) is 0 Å². The molecule has 0 saturated carbocycles. The third kappa shape index (κ3) is 5.45. The van der Waals surface area contributed by atoms with Gasteiger partial charge in [0.05, 0.1) is 9.75 Å². The SMILES string of the molecule is CCC(Cl)(CC)C(O)O[PH](=O)OC(O)C(Cl)(CC)CC. The molecule has 0 spiro atoms. The highest BCUT2D eigenvalue weighted by Gasteiger charge is 2.37. The molecule has 0 rings (SSSR count). The second-order valence-electron chi connectivity index (χ2n) is 4.67. The van der Waals surface area contributed by atoms with Crippen molar-refractivity contribution in [1.82, 2.24) is 0 Å². The number of aliphatic hydroxyl groups excluding tert-OH is 2. The van der Waals surface area contributed by atoms with E-state index in [0.29, 0.717) is 25.7 Å². The summed E-state index contributed by atoms with van der Waals surface area (Å²) in [5.41, 5.74) is 0. The van der Waals surface area contributed by atoms with Gasteiger partial charge in [0.15, 0.2) is 12.6 Å². The molecule has 0 aromatic heterocycles. The average molecular weight is 351 g/mol. The van der Waals surface area contributed by atoms with Gasteiger partial charge < -0.3 is 10.2 Å². The molecule has 5 nitrogen and oxygen atoms in total. The highest BCUT2D eigenvalue weighted by molar-refractivity contribution is 7.33. The van der Waals surface area contributed by atoms with Crippen molar-refractivity contribution in [3.63, 3.8) is 0 Å². The van der Waals surface area contributed by atoms with E-state index in [1.165, 1.54) is 0 Å². The zero-order valence-corrected chi connectivity index (χ0v) is 14.9. The molecule has 0 aromatic rings. The Morgan fingerprint density at radius 1 is 0.900 bits per heavy atom. The number of rotatable bonds is 10. The van der Waals surface area contributed by atoms with Crippen molar-refractivity contribution in [2.75, 3.05) is 0 Å². The summed E-state index contributed by atoms with van der Waals surface area (Å²) in [5.74, 6) is 0. The summed E-state index contributed by atoms with van der Waals surface area (Å²) in [7, 11) is -3.11. The van der Waals surface area contributed by atoms with Gasteiger partial charge in [0.1, 0.15) is 0 Å². The first kappa shape index (κ1) is 20.6. The van der Waals surface area contributed by atoms with E-state index in [0.717, 1.165) is 0 Å². The fourth-order valence-corrected chi connectivity index (χ4v) is 2.73. The Balaban J connectivity index is 4.58. The predicted octanol–water partition coefficient (Wildman–Crippen LogP) is 3.64. The Hall–Kier alpha value is 0.650. The molecule has 20 heavy (non-hydrogen) atoms. The van der Waals surface area contributed by atoms with Gasteiger partial charge >= 0.3 is 8.25 Å². The molecule has 2 N–H and O–H groups in total. The van der Waals surface area contributed by atoms with Gasteiger partial charge in [-0.1, -0.05) is 27.7 Å². The molecule has 0 radical (unpaired) electrons. The molecule has 0 heterocycles. The lowest BCUT2D eigenvalue weighted by Gasteiger charge is -2.31. The highest BCUT2D eigenvalue weighted by Crippen LogP contribution is 2.39. The number of hydrogen-bond acceptors (Lipinski definition) is 5. The first-order chi connectivity index (χ1) is 9.19. The lowest BCUT2D eigenvalue weighted by atomic mass is 10.0. The maximum atomic E-state index is 11.7. The number of aliphatic hydroxyl groups is 2. The van der Waals surface area contributed by atoms with Gasteiger partial charge in [-0.05, 0) is 25.7 Å². The monoisotopic (exact) mass is 350 g/mol. The van der Waals surface area contributed by atoms with Gasteiger partial charge in [0.25, 0.3) is 0 Å². The van der Waals surface area contributed by atoms with Crippen LogP contribution in [0.25, 0.3) is 0 Å². The molecule has 122 valence electrons. The summed E-state index contributed by atoms with van der Waals surface area (Å²) in [4.78, 5) is -2.05. The number of hydrogen-bond donors (Lipinski definition) is 2. The lowest BCUT2D eigenvalue weighted by molar-refractivity contribution is -0.0901. The van der Waals surface area contributed by atoms with Gasteiger partial charge in [-0.25, -0.2) is 0 Å². The zero-order chi connectivity index (χ0) is 16.0. The fraction of sp³-hybridized carbons (Fsp3) is 1.00. The number of alkyl halides is 2. The van der Waals surface area contributed by atoms with Crippen LogP contribution in [-0.4, -0.2) is 32.5 Å². The summed E-state index contributed by atoms with van der Waals surface area (Å²) >= 11 is 12.3. The van der Waals surface area contributed by atoms with Crippen LogP contribution in [0.1, 0.15) is 53.4 Å². The Morgan fingerprint density at radius 3 is 1.35 bits per heavy atom. The summed E-state index contributed by atoms with van der Waals surface area (Å²) in [6.45, 7) is 7.14. The molecule has 0 aliphatic heterocycles. The second kappa shape index (κ2) is 8.94. The quantitative estimate of drug-likeness (QED) is 0.357. The second-order valence-corrected chi connectivity index (χ2v) is 7.15. The van der Waals surface area contributed by atoms with E-state index in [9.17, 15) is 14.8 Å². The van der Waals surface area contributed by atoms with E-state index >= 15 is 0 Å². The molecule has 0 saturated heterocycles. The first-order valence-electron chi connectivity index (χ1n) is 6.80. The lowest BCUT2D eigenvalue weighted by Crippen LogP contribution is -2.38. The van der Waals surface area contributed by atoms with Crippen LogP contribution in [0.3, 0.4) is 0 Å². The Morgan fingerprint density at radius 2 is 1.15 bits per heavy atom. The van der Waals surface area contributed by atoms with Gasteiger partial charge in [-0.3, -0.25) is 13.6 Å².